The fraction of sp³-hybridized carbons (Fsp3) is 0.450. The van der Waals surface area contributed by atoms with Crippen molar-refractivity contribution in [3.63, 3.8) is 0 Å². The highest BCUT2D eigenvalue weighted by Crippen LogP contribution is 2.45. The molecule has 0 unspecified atom stereocenters. The second kappa shape index (κ2) is 6.40. The van der Waals surface area contributed by atoms with Crippen LogP contribution in [0.1, 0.15) is 33.6 Å². The first kappa shape index (κ1) is 17.6. The summed E-state index contributed by atoms with van der Waals surface area (Å²) < 4.78 is 16.2. The van der Waals surface area contributed by atoms with Crippen molar-refractivity contribution in [1.82, 2.24) is 0 Å². The van der Waals surface area contributed by atoms with E-state index in [0.29, 0.717) is 29.2 Å². The van der Waals surface area contributed by atoms with Gasteiger partial charge in [-0.1, -0.05) is 0 Å². The number of carbonyl (C=O) groups excluding carboxylic acids is 3. The fourth-order valence-corrected chi connectivity index (χ4v) is 4.45. The molecule has 2 aliphatic heterocycles. The van der Waals surface area contributed by atoms with Crippen molar-refractivity contribution in [1.29, 1.82) is 0 Å². The van der Waals surface area contributed by atoms with Crippen LogP contribution in [0.4, 0.5) is 5.69 Å². The number of benzene rings is 1. The van der Waals surface area contributed by atoms with E-state index in [4.69, 9.17) is 14.2 Å². The predicted octanol–water partition coefficient (Wildman–Crippen LogP) is 2.38. The van der Waals surface area contributed by atoms with Crippen molar-refractivity contribution in [2.75, 3.05) is 11.7 Å². The van der Waals surface area contributed by atoms with Crippen LogP contribution in [0.15, 0.2) is 29.5 Å². The highest BCUT2D eigenvalue weighted by molar-refractivity contribution is 5.99. The van der Waals surface area contributed by atoms with Crippen LogP contribution in [0, 0.1) is 5.92 Å². The summed E-state index contributed by atoms with van der Waals surface area (Å²) in [7, 11) is 0. The highest BCUT2D eigenvalue weighted by Gasteiger charge is 2.48. The zero-order valence-corrected chi connectivity index (χ0v) is 15.5. The number of fused-ring (bicyclic) bond motifs is 3. The van der Waals surface area contributed by atoms with Crippen molar-refractivity contribution in [3.05, 3.63) is 29.5 Å². The van der Waals surface area contributed by atoms with Crippen LogP contribution < -0.4 is 14.4 Å². The summed E-state index contributed by atoms with van der Waals surface area (Å²) in [6.07, 6.45) is -0.0312. The quantitative estimate of drug-likeness (QED) is 0.755. The number of anilines is 1. The SMILES string of the molecule is CC(=O)O[C@@H]1CC(=O)[C@H]2C[C@@H]1C(C(C)=O)=C(C)N2c1ccc2c(c1)OCO2. The molecule has 1 fully saturated rings. The molecule has 1 saturated carbocycles. The molecule has 0 amide bonds. The molecule has 0 saturated heterocycles. The van der Waals surface area contributed by atoms with E-state index in [-0.39, 0.29) is 30.7 Å². The number of esters is 1. The maximum absolute atomic E-state index is 12.8. The lowest BCUT2D eigenvalue weighted by Gasteiger charge is -2.47. The molecule has 0 aromatic heterocycles. The summed E-state index contributed by atoms with van der Waals surface area (Å²) in [5.74, 6) is 0.495. The molecule has 27 heavy (non-hydrogen) atoms. The number of rotatable bonds is 3. The molecular formula is C20H21NO6. The summed E-state index contributed by atoms with van der Waals surface area (Å²) in [6.45, 7) is 4.84. The molecule has 2 bridgehead atoms. The summed E-state index contributed by atoms with van der Waals surface area (Å²) >= 11 is 0. The van der Waals surface area contributed by atoms with Gasteiger partial charge in [0.05, 0.1) is 6.04 Å². The number of Topliss-reactive ketones (excluding diaryl/α,β-unsaturated/α-hetero) is 2. The third-order valence-corrected chi connectivity index (χ3v) is 5.46. The molecule has 1 aromatic carbocycles. The van der Waals surface area contributed by atoms with Crippen LogP contribution in [0.25, 0.3) is 0 Å². The van der Waals surface area contributed by atoms with Gasteiger partial charge >= 0.3 is 5.97 Å². The van der Waals surface area contributed by atoms with Gasteiger partial charge in [-0.2, -0.15) is 0 Å². The van der Waals surface area contributed by atoms with Crippen molar-refractivity contribution in [2.24, 2.45) is 5.92 Å². The molecule has 3 aliphatic rings. The number of allylic oxidation sites excluding steroid dienone is 1. The van der Waals surface area contributed by atoms with Gasteiger partial charge in [0.2, 0.25) is 6.79 Å². The summed E-state index contributed by atoms with van der Waals surface area (Å²) in [4.78, 5) is 38.6. The normalized spacial score (nSPS) is 26.3. The molecule has 142 valence electrons. The smallest absolute Gasteiger partial charge is 0.302 e. The Kier molecular flexibility index (Phi) is 4.17. The molecule has 7 heteroatoms. The monoisotopic (exact) mass is 371 g/mol. The number of hydrogen-bond acceptors (Lipinski definition) is 7. The standard InChI is InChI=1S/C20H21NO6/c1-10-20(11(2)22)14-7-15(16(24)8-18(14)27-12(3)23)21(10)13-4-5-17-19(6-13)26-9-25-17/h4-6,14-15,18H,7-9H2,1-3H3/t14-,15+,18+/m0/s1. The van der Waals surface area contributed by atoms with Crippen molar-refractivity contribution in [2.45, 2.75) is 45.8 Å². The van der Waals surface area contributed by atoms with Crippen LogP contribution in [0.3, 0.4) is 0 Å². The van der Waals surface area contributed by atoms with Crippen LogP contribution in [0.2, 0.25) is 0 Å². The second-order valence-electron chi connectivity index (χ2n) is 7.14. The van der Waals surface area contributed by atoms with E-state index >= 15 is 0 Å². The minimum Gasteiger partial charge on any atom is -0.461 e. The van der Waals surface area contributed by atoms with Gasteiger partial charge in [0.25, 0.3) is 0 Å². The Balaban J connectivity index is 1.80. The van der Waals surface area contributed by atoms with Gasteiger partial charge in [0.15, 0.2) is 23.1 Å². The molecule has 4 rings (SSSR count). The van der Waals surface area contributed by atoms with Crippen LogP contribution in [-0.4, -0.2) is 36.5 Å². The molecule has 7 nitrogen and oxygen atoms in total. The molecule has 0 spiro atoms. The summed E-state index contributed by atoms with van der Waals surface area (Å²) in [5, 5.41) is 0. The zero-order valence-electron chi connectivity index (χ0n) is 15.5. The topological polar surface area (TPSA) is 82.1 Å². The number of nitrogens with zero attached hydrogens (tertiary/aromatic N) is 1. The molecule has 2 heterocycles. The summed E-state index contributed by atoms with van der Waals surface area (Å²) in [5.41, 5.74) is 2.11. The first-order chi connectivity index (χ1) is 12.9. The van der Waals surface area contributed by atoms with Gasteiger partial charge in [-0.3, -0.25) is 14.4 Å². The van der Waals surface area contributed by atoms with Crippen molar-refractivity contribution in [3.8, 4) is 11.5 Å². The van der Waals surface area contributed by atoms with E-state index < -0.39 is 18.1 Å². The second-order valence-corrected chi connectivity index (χ2v) is 7.14. The number of carbonyl (C=O) groups is 3. The van der Waals surface area contributed by atoms with Crippen LogP contribution in [0.5, 0.6) is 11.5 Å². The molecule has 0 radical (unpaired) electrons. The maximum atomic E-state index is 12.8. The Morgan fingerprint density at radius 1 is 1.19 bits per heavy atom. The van der Waals surface area contributed by atoms with Gasteiger partial charge in [-0.15, -0.1) is 0 Å². The van der Waals surface area contributed by atoms with Crippen molar-refractivity contribution >= 4 is 23.2 Å². The van der Waals surface area contributed by atoms with E-state index in [9.17, 15) is 14.4 Å². The Morgan fingerprint density at radius 3 is 2.63 bits per heavy atom. The predicted molar refractivity (Wildman–Crippen MR) is 95.5 cm³/mol. The van der Waals surface area contributed by atoms with Crippen LogP contribution >= 0.6 is 0 Å². The Morgan fingerprint density at radius 2 is 1.93 bits per heavy atom. The van der Waals surface area contributed by atoms with Gasteiger partial charge in [0, 0.05) is 42.3 Å². The lowest BCUT2D eigenvalue weighted by molar-refractivity contribution is -0.152. The number of hydrogen-bond donors (Lipinski definition) is 0. The lowest BCUT2D eigenvalue weighted by atomic mass is 9.72. The fourth-order valence-electron chi connectivity index (χ4n) is 4.45. The minimum atomic E-state index is -0.584. The Hall–Kier alpha value is -2.83. The van der Waals surface area contributed by atoms with E-state index in [0.717, 1.165) is 5.69 Å². The Bertz CT molecular complexity index is 873. The zero-order chi connectivity index (χ0) is 19.3. The molecule has 1 aromatic rings. The minimum absolute atomic E-state index is 0.00267. The lowest BCUT2D eigenvalue weighted by Crippen LogP contribution is -2.54. The highest BCUT2D eigenvalue weighted by atomic mass is 16.7. The molecule has 3 atom stereocenters. The summed E-state index contributed by atoms with van der Waals surface area (Å²) in [6, 6.07) is 5.10. The first-order valence-corrected chi connectivity index (χ1v) is 8.97. The number of ketones is 2. The van der Waals surface area contributed by atoms with Gasteiger partial charge in [-0.05, 0) is 32.4 Å². The van der Waals surface area contributed by atoms with E-state index in [1.54, 1.807) is 6.07 Å². The average molecular weight is 371 g/mol. The van der Waals surface area contributed by atoms with Crippen molar-refractivity contribution < 1.29 is 28.6 Å². The van der Waals surface area contributed by atoms with E-state index in [1.165, 1.54) is 13.8 Å². The number of ether oxygens (including phenoxy) is 3. The van der Waals surface area contributed by atoms with Gasteiger partial charge in [0.1, 0.15) is 6.10 Å². The Labute approximate surface area is 156 Å². The molecular weight excluding hydrogens is 350 g/mol. The van der Waals surface area contributed by atoms with Crippen LogP contribution in [-0.2, 0) is 19.1 Å². The van der Waals surface area contributed by atoms with Gasteiger partial charge < -0.3 is 19.1 Å². The largest absolute Gasteiger partial charge is 0.461 e. The van der Waals surface area contributed by atoms with E-state index in [1.807, 2.05) is 24.0 Å². The third kappa shape index (κ3) is 2.87. The first-order valence-electron chi connectivity index (χ1n) is 8.97. The molecule has 0 N–H and O–H groups in total. The average Bonchev–Trinajstić information content (AvgIpc) is 3.06. The third-order valence-electron chi connectivity index (χ3n) is 5.46. The maximum Gasteiger partial charge on any atom is 0.302 e. The van der Waals surface area contributed by atoms with Gasteiger partial charge in [-0.25, -0.2) is 0 Å². The molecule has 1 aliphatic carbocycles. The van der Waals surface area contributed by atoms with E-state index in [2.05, 4.69) is 0 Å².